The molecule has 1 N–H and O–H groups in total. The van der Waals surface area contributed by atoms with Gasteiger partial charge < -0.3 is 15.0 Å². The van der Waals surface area contributed by atoms with E-state index < -0.39 is 0 Å². The van der Waals surface area contributed by atoms with Crippen molar-refractivity contribution in [3.63, 3.8) is 0 Å². The maximum Gasteiger partial charge on any atom is 0.253 e. The highest BCUT2D eigenvalue weighted by Gasteiger charge is 2.15. The summed E-state index contributed by atoms with van der Waals surface area (Å²) in [5.74, 6) is 0.922. The molecule has 0 atom stereocenters. The van der Waals surface area contributed by atoms with Crippen molar-refractivity contribution in [2.75, 3.05) is 27.2 Å². The molecular formula is C17H26N2O2. The molecule has 0 unspecified atom stereocenters. The molecule has 21 heavy (non-hydrogen) atoms. The normalized spacial score (nSPS) is 15.7. The van der Waals surface area contributed by atoms with Gasteiger partial charge in [0.2, 0.25) is 0 Å². The molecule has 1 aromatic carbocycles. The van der Waals surface area contributed by atoms with E-state index in [-0.39, 0.29) is 5.91 Å². The van der Waals surface area contributed by atoms with Gasteiger partial charge in [0, 0.05) is 25.7 Å². The standard InChI is InChI=1S/C17H26N2O2/c1-18-12-13-19(2)17(20)14-8-10-16(11-9-14)21-15-6-4-3-5-7-15/h8-11,15,18H,3-7,12-13H2,1-2H3. The lowest BCUT2D eigenvalue weighted by Gasteiger charge is -2.23. The van der Waals surface area contributed by atoms with Crippen molar-refractivity contribution < 1.29 is 9.53 Å². The largest absolute Gasteiger partial charge is 0.490 e. The number of ether oxygens (including phenoxy) is 1. The number of hydrogen-bond acceptors (Lipinski definition) is 3. The average molecular weight is 290 g/mol. The predicted octanol–water partition coefficient (Wildman–Crippen LogP) is 2.69. The highest BCUT2D eigenvalue weighted by molar-refractivity contribution is 5.94. The molecule has 0 radical (unpaired) electrons. The Hall–Kier alpha value is -1.55. The smallest absolute Gasteiger partial charge is 0.253 e. The first kappa shape index (κ1) is 15.8. The quantitative estimate of drug-likeness (QED) is 0.876. The van der Waals surface area contributed by atoms with Crippen LogP contribution in [0.5, 0.6) is 5.75 Å². The highest BCUT2D eigenvalue weighted by atomic mass is 16.5. The van der Waals surface area contributed by atoms with Crippen LogP contribution >= 0.6 is 0 Å². The van der Waals surface area contributed by atoms with E-state index in [9.17, 15) is 4.79 Å². The summed E-state index contributed by atoms with van der Waals surface area (Å²) >= 11 is 0. The molecular weight excluding hydrogens is 264 g/mol. The van der Waals surface area contributed by atoms with Gasteiger partial charge in [0.15, 0.2) is 0 Å². The molecule has 0 saturated heterocycles. The van der Waals surface area contributed by atoms with Crippen LogP contribution in [0.25, 0.3) is 0 Å². The van der Waals surface area contributed by atoms with Gasteiger partial charge in [-0.05, 0) is 57.0 Å². The number of hydrogen-bond donors (Lipinski definition) is 1. The monoisotopic (exact) mass is 290 g/mol. The van der Waals surface area contributed by atoms with Gasteiger partial charge in [-0.3, -0.25) is 4.79 Å². The highest BCUT2D eigenvalue weighted by Crippen LogP contribution is 2.23. The molecule has 1 aromatic rings. The van der Waals surface area contributed by atoms with Crippen molar-refractivity contribution in [2.24, 2.45) is 0 Å². The number of carbonyl (C=O) groups excluding carboxylic acids is 1. The van der Waals surface area contributed by atoms with Gasteiger partial charge in [-0.1, -0.05) is 6.42 Å². The molecule has 4 nitrogen and oxygen atoms in total. The fraction of sp³-hybridized carbons (Fsp3) is 0.588. The summed E-state index contributed by atoms with van der Waals surface area (Å²) in [6.07, 6.45) is 6.49. The molecule has 1 saturated carbocycles. The van der Waals surface area contributed by atoms with Gasteiger partial charge in [0.1, 0.15) is 5.75 Å². The minimum Gasteiger partial charge on any atom is -0.490 e. The molecule has 1 fully saturated rings. The Kier molecular flexibility index (Phi) is 6.05. The number of nitrogens with zero attached hydrogens (tertiary/aromatic N) is 1. The summed E-state index contributed by atoms with van der Waals surface area (Å²) in [6, 6.07) is 7.54. The van der Waals surface area contributed by atoms with Gasteiger partial charge in [0.25, 0.3) is 5.91 Å². The second kappa shape index (κ2) is 8.03. The number of carbonyl (C=O) groups is 1. The first-order chi connectivity index (χ1) is 10.2. The lowest BCUT2D eigenvalue weighted by molar-refractivity contribution is 0.0797. The minimum atomic E-state index is 0.0504. The Balaban J connectivity index is 1.90. The van der Waals surface area contributed by atoms with Crippen LogP contribution in [-0.4, -0.2) is 44.1 Å². The van der Waals surface area contributed by atoms with E-state index in [0.717, 1.165) is 25.1 Å². The van der Waals surface area contributed by atoms with E-state index in [1.807, 2.05) is 38.4 Å². The summed E-state index contributed by atoms with van der Waals surface area (Å²) in [6.45, 7) is 1.50. The summed E-state index contributed by atoms with van der Waals surface area (Å²) in [7, 11) is 3.71. The molecule has 4 heteroatoms. The number of benzene rings is 1. The molecule has 0 aromatic heterocycles. The van der Waals surface area contributed by atoms with Crippen LogP contribution in [0.4, 0.5) is 0 Å². The lowest BCUT2D eigenvalue weighted by Crippen LogP contribution is -2.32. The van der Waals surface area contributed by atoms with Crippen molar-refractivity contribution in [1.82, 2.24) is 10.2 Å². The van der Waals surface area contributed by atoms with Crippen LogP contribution < -0.4 is 10.1 Å². The van der Waals surface area contributed by atoms with Crippen molar-refractivity contribution >= 4 is 5.91 Å². The van der Waals surface area contributed by atoms with Crippen molar-refractivity contribution in [3.8, 4) is 5.75 Å². The molecule has 0 aliphatic heterocycles. The topological polar surface area (TPSA) is 41.6 Å². The maximum absolute atomic E-state index is 12.2. The Morgan fingerprint density at radius 1 is 1.24 bits per heavy atom. The molecule has 1 aliphatic carbocycles. The molecule has 0 bridgehead atoms. The summed E-state index contributed by atoms with van der Waals surface area (Å²) in [4.78, 5) is 13.9. The zero-order chi connectivity index (χ0) is 15.1. The van der Waals surface area contributed by atoms with Gasteiger partial charge in [-0.2, -0.15) is 0 Å². The van der Waals surface area contributed by atoms with Crippen LogP contribution in [0.1, 0.15) is 42.5 Å². The molecule has 0 heterocycles. The van der Waals surface area contributed by atoms with E-state index in [0.29, 0.717) is 18.2 Å². The average Bonchev–Trinajstić information content (AvgIpc) is 2.53. The minimum absolute atomic E-state index is 0.0504. The first-order valence-electron chi connectivity index (χ1n) is 7.87. The van der Waals surface area contributed by atoms with Gasteiger partial charge in [0.05, 0.1) is 6.10 Å². The molecule has 0 spiro atoms. The van der Waals surface area contributed by atoms with Crippen LogP contribution in [0.2, 0.25) is 0 Å². The third-order valence-electron chi connectivity index (χ3n) is 4.00. The first-order valence-corrected chi connectivity index (χ1v) is 7.87. The zero-order valence-corrected chi connectivity index (χ0v) is 13.1. The zero-order valence-electron chi connectivity index (χ0n) is 13.1. The summed E-state index contributed by atoms with van der Waals surface area (Å²) < 4.78 is 5.98. The fourth-order valence-electron chi connectivity index (χ4n) is 2.65. The van der Waals surface area contributed by atoms with E-state index in [1.165, 1.54) is 19.3 Å². The summed E-state index contributed by atoms with van der Waals surface area (Å²) in [5.41, 5.74) is 0.713. The van der Waals surface area contributed by atoms with E-state index in [1.54, 1.807) is 4.90 Å². The molecule has 2 rings (SSSR count). The molecule has 1 amide bonds. The third kappa shape index (κ3) is 4.74. The van der Waals surface area contributed by atoms with Crippen molar-refractivity contribution in [2.45, 2.75) is 38.2 Å². The second-order valence-electron chi connectivity index (χ2n) is 5.73. The van der Waals surface area contributed by atoms with Crippen LogP contribution in [0.3, 0.4) is 0 Å². The number of rotatable bonds is 6. The van der Waals surface area contributed by atoms with Gasteiger partial charge in [-0.15, -0.1) is 0 Å². The van der Waals surface area contributed by atoms with Crippen LogP contribution in [-0.2, 0) is 0 Å². The summed E-state index contributed by atoms with van der Waals surface area (Å²) in [5, 5.41) is 3.05. The lowest BCUT2D eigenvalue weighted by atomic mass is 9.98. The van der Waals surface area contributed by atoms with E-state index in [4.69, 9.17) is 4.74 Å². The van der Waals surface area contributed by atoms with E-state index in [2.05, 4.69) is 5.32 Å². The predicted molar refractivity (Wildman–Crippen MR) is 84.8 cm³/mol. The SMILES string of the molecule is CNCCN(C)C(=O)c1ccc(OC2CCCCC2)cc1. The maximum atomic E-state index is 12.2. The Morgan fingerprint density at radius 3 is 2.52 bits per heavy atom. The second-order valence-corrected chi connectivity index (χ2v) is 5.73. The number of likely N-dealkylation sites (N-methyl/N-ethyl adjacent to an activating group) is 2. The Labute approximate surface area is 127 Å². The van der Waals surface area contributed by atoms with Gasteiger partial charge in [-0.25, -0.2) is 0 Å². The van der Waals surface area contributed by atoms with Crippen LogP contribution in [0.15, 0.2) is 24.3 Å². The Morgan fingerprint density at radius 2 is 1.90 bits per heavy atom. The molecule has 1 aliphatic rings. The fourth-order valence-corrected chi connectivity index (χ4v) is 2.65. The van der Waals surface area contributed by atoms with Crippen molar-refractivity contribution in [3.05, 3.63) is 29.8 Å². The van der Waals surface area contributed by atoms with Gasteiger partial charge >= 0.3 is 0 Å². The van der Waals surface area contributed by atoms with Crippen LogP contribution in [0, 0.1) is 0 Å². The number of nitrogens with one attached hydrogen (secondary N) is 1. The van der Waals surface area contributed by atoms with Crippen molar-refractivity contribution in [1.29, 1.82) is 0 Å². The van der Waals surface area contributed by atoms with E-state index >= 15 is 0 Å². The third-order valence-corrected chi connectivity index (χ3v) is 4.00. The Bertz CT molecular complexity index is 439. The number of amides is 1. The molecule has 116 valence electrons.